The van der Waals surface area contributed by atoms with Crippen LogP contribution >= 0.6 is 11.6 Å². The lowest BCUT2D eigenvalue weighted by Gasteiger charge is -2.35. The minimum absolute atomic E-state index is 0.0278. The van der Waals surface area contributed by atoms with Gasteiger partial charge >= 0.3 is 0 Å². The predicted molar refractivity (Wildman–Crippen MR) is 77.3 cm³/mol. The summed E-state index contributed by atoms with van der Waals surface area (Å²) in [5.74, 6) is 1.18. The van der Waals surface area contributed by atoms with Gasteiger partial charge in [0.2, 0.25) is 5.91 Å². The highest BCUT2D eigenvalue weighted by atomic mass is 35.5. The van der Waals surface area contributed by atoms with E-state index in [1.165, 1.54) is 0 Å². The van der Waals surface area contributed by atoms with Gasteiger partial charge in [0.25, 0.3) is 0 Å². The number of rotatable bonds is 2. The normalized spacial score (nSPS) is 38.5. The number of ether oxygens (including phenoxy) is 1. The number of likely N-dealkylation sites (tertiary alicyclic amines) is 1. The van der Waals surface area contributed by atoms with Crippen molar-refractivity contribution in [2.75, 3.05) is 13.1 Å². The molecule has 0 bridgehead atoms. The number of nitrogens with zero attached hydrogens (tertiary/aromatic N) is 1. The molecule has 0 aromatic heterocycles. The lowest BCUT2D eigenvalue weighted by atomic mass is 9.87. The van der Waals surface area contributed by atoms with Crippen LogP contribution in [0.4, 0.5) is 0 Å². The van der Waals surface area contributed by atoms with Crippen LogP contribution in [-0.4, -0.2) is 41.5 Å². The Kier molecular flexibility index (Phi) is 4.78. The van der Waals surface area contributed by atoms with Crippen molar-refractivity contribution in [3.8, 4) is 0 Å². The van der Waals surface area contributed by atoms with Crippen LogP contribution < -0.4 is 0 Å². The Hall–Kier alpha value is -0.280. The summed E-state index contributed by atoms with van der Waals surface area (Å²) in [4.78, 5) is 14.7. The molecule has 1 amide bonds. The Balaban J connectivity index is 1.94. The van der Waals surface area contributed by atoms with Crippen LogP contribution in [0.1, 0.15) is 40.5 Å². The number of carbonyl (C=O) groups excluding carboxylic acids is 1. The van der Waals surface area contributed by atoms with Gasteiger partial charge in [-0.2, -0.15) is 0 Å². The van der Waals surface area contributed by atoms with Crippen LogP contribution in [-0.2, 0) is 9.53 Å². The lowest BCUT2D eigenvalue weighted by molar-refractivity contribution is -0.139. The second-order valence-corrected chi connectivity index (χ2v) is 6.96. The number of hydrogen-bond acceptors (Lipinski definition) is 2. The fourth-order valence-corrected chi connectivity index (χ4v) is 3.73. The minimum atomic E-state index is 0.0278. The molecular formula is C15H26ClNO2. The maximum Gasteiger partial charge on any atom is 0.228 e. The molecule has 2 aliphatic rings. The fraction of sp³-hybridized carbons (Fsp3) is 0.933. The summed E-state index contributed by atoms with van der Waals surface area (Å²) in [7, 11) is 0. The van der Waals surface area contributed by atoms with E-state index >= 15 is 0 Å². The maximum absolute atomic E-state index is 12.7. The van der Waals surface area contributed by atoms with Crippen molar-refractivity contribution in [2.24, 2.45) is 17.8 Å². The van der Waals surface area contributed by atoms with Crippen LogP contribution in [0.2, 0.25) is 0 Å². The summed E-state index contributed by atoms with van der Waals surface area (Å²) >= 11 is 6.15. The Morgan fingerprint density at radius 1 is 1.21 bits per heavy atom. The predicted octanol–water partition coefficient (Wildman–Crippen LogP) is 2.91. The summed E-state index contributed by atoms with van der Waals surface area (Å²) in [6.45, 7) is 9.98. The molecule has 19 heavy (non-hydrogen) atoms. The highest BCUT2D eigenvalue weighted by Crippen LogP contribution is 2.34. The van der Waals surface area contributed by atoms with Gasteiger partial charge in [0.05, 0.1) is 18.1 Å². The van der Waals surface area contributed by atoms with Gasteiger partial charge < -0.3 is 9.64 Å². The molecule has 2 aliphatic heterocycles. The number of halogens is 1. The molecule has 2 saturated heterocycles. The quantitative estimate of drug-likeness (QED) is 0.731. The highest BCUT2D eigenvalue weighted by Gasteiger charge is 2.43. The summed E-state index contributed by atoms with van der Waals surface area (Å²) in [5, 5.41) is 0.213. The SMILES string of the molecule is CC(Cl)C1CCN(C(=O)C2C(C)OC(C)C2C)CC1. The summed E-state index contributed by atoms with van der Waals surface area (Å²) in [6, 6.07) is 0. The Morgan fingerprint density at radius 3 is 2.21 bits per heavy atom. The molecule has 2 heterocycles. The zero-order valence-electron chi connectivity index (χ0n) is 12.4. The molecular weight excluding hydrogens is 262 g/mol. The maximum atomic E-state index is 12.7. The van der Waals surface area contributed by atoms with Crippen LogP contribution in [0.15, 0.2) is 0 Å². The van der Waals surface area contributed by atoms with Gasteiger partial charge in [0.15, 0.2) is 0 Å². The van der Waals surface area contributed by atoms with Gasteiger partial charge in [-0.3, -0.25) is 4.79 Å². The van der Waals surface area contributed by atoms with E-state index in [1.807, 2.05) is 11.8 Å². The molecule has 4 heteroatoms. The molecule has 110 valence electrons. The third-order valence-corrected chi connectivity index (χ3v) is 5.38. The summed E-state index contributed by atoms with van der Waals surface area (Å²) < 4.78 is 5.79. The van der Waals surface area contributed by atoms with Crippen molar-refractivity contribution in [3.05, 3.63) is 0 Å². The summed E-state index contributed by atoms with van der Waals surface area (Å²) in [6.07, 6.45) is 2.29. The second-order valence-electron chi connectivity index (χ2n) is 6.27. The van der Waals surface area contributed by atoms with Gasteiger partial charge in [0.1, 0.15) is 0 Å². The van der Waals surface area contributed by atoms with Crippen molar-refractivity contribution < 1.29 is 9.53 Å². The van der Waals surface area contributed by atoms with Gasteiger partial charge in [-0.05, 0) is 45.4 Å². The van der Waals surface area contributed by atoms with Crippen molar-refractivity contribution in [1.82, 2.24) is 4.90 Å². The minimum Gasteiger partial charge on any atom is -0.374 e. The molecule has 0 saturated carbocycles. The molecule has 0 aromatic rings. The van der Waals surface area contributed by atoms with Crippen molar-refractivity contribution in [3.63, 3.8) is 0 Å². The van der Waals surface area contributed by atoms with Crippen LogP contribution in [0.25, 0.3) is 0 Å². The van der Waals surface area contributed by atoms with Crippen LogP contribution in [0, 0.1) is 17.8 Å². The van der Waals surface area contributed by atoms with E-state index in [9.17, 15) is 4.79 Å². The largest absolute Gasteiger partial charge is 0.374 e. The topological polar surface area (TPSA) is 29.5 Å². The van der Waals surface area contributed by atoms with E-state index in [-0.39, 0.29) is 29.4 Å². The zero-order chi connectivity index (χ0) is 14.2. The zero-order valence-corrected chi connectivity index (χ0v) is 13.2. The van der Waals surface area contributed by atoms with Gasteiger partial charge in [-0.25, -0.2) is 0 Å². The number of hydrogen-bond donors (Lipinski definition) is 0. The van der Waals surface area contributed by atoms with E-state index in [0.717, 1.165) is 25.9 Å². The molecule has 3 nitrogen and oxygen atoms in total. The second kappa shape index (κ2) is 6.01. The third kappa shape index (κ3) is 3.08. The average Bonchev–Trinajstić information content (AvgIpc) is 2.62. The van der Waals surface area contributed by atoms with Gasteiger partial charge in [-0.1, -0.05) is 6.92 Å². The number of piperidine rings is 1. The number of carbonyl (C=O) groups is 1. The molecule has 5 atom stereocenters. The van der Waals surface area contributed by atoms with Crippen molar-refractivity contribution in [1.29, 1.82) is 0 Å². The lowest BCUT2D eigenvalue weighted by Crippen LogP contribution is -2.45. The Morgan fingerprint density at radius 2 is 1.79 bits per heavy atom. The molecule has 0 spiro atoms. The van der Waals surface area contributed by atoms with Gasteiger partial charge in [-0.15, -0.1) is 11.6 Å². The standard InChI is InChI=1S/C15H26ClNO2/c1-9-11(3)19-12(4)14(9)15(18)17-7-5-13(6-8-17)10(2)16/h9-14H,5-8H2,1-4H3. The molecule has 0 N–H and O–H groups in total. The van der Waals surface area contributed by atoms with Gasteiger partial charge in [0, 0.05) is 18.5 Å². The molecule has 0 radical (unpaired) electrons. The Labute approximate surface area is 121 Å². The third-order valence-electron chi connectivity index (χ3n) is 5.03. The van der Waals surface area contributed by atoms with Crippen LogP contribution in [0.3, 0.4) is 0 Å². The highest BCUT2D eigenvalue weighted by molar-refractivity contribution is 6.20. The Bertz CT molecular complexity index is 326. The molecule has 2 rings (SSSR count). The summed E-state index contributed by atoms with van der Waals surface area (Å²) in [5.41, 5.74) is 0. The molecule has 0 aromatic carbocycles. The first-order valence-corrected chi connectivity index (χ1v) is 7.93. The fourth-order valence-electron chi connectivity index (χ4n) is 3.48. The van der Waals surface area contributed by atoms with E-state index in [0.29, 0.717) is 11.8 Å². The molecule has 2 fully saturated rings. The molecule has 5 unspecified atom stereocenters. The van der Waals surface area contributed by atoms with Crippen LogP contribution in [0.5, 0.6) is 0 Å². The van der Waals surface area contributed by atoms with E-state index in [1.54, 1.807) is 0 Å². The smallest absolute Gasteiger partial charge is 0.228 e. The monoisotopic (exact) mass is 287 g/mol. The first kappa shape index (κ1) is 15.1. The van der Waals surface area contributed by atoms with Crippen molar-refractivity contribution >= 4 is 17.5 Å². The van der Waals surface area contributed by atoms with E-state index in [2.05, 4.69) is 20.8 Å². The van der Waals surface area contributed by atoms with Crippen molar-refractivity contribution in [2.45, 2.75) is 58.1 Å². The van der Waals surface area contributed by atoms with E-state index in [4.69, 9.17) is 16.3 Å². The first-order chi connectivity index (χ1) is 8.91. The number of alkyl halides is 1. The first-order valence-electron chi connectivity index (χ1n) is 7.50. The average molecular weight is 288 g/mol. The number of amides is 1. The van der Waals surface area contributed by atoms with E-state index < -0.39 is 0 Å². The molecule has 0 aliphatic carbocycles.